The normalized spacial score (nSPS) is 15.5. The number of para-hydroxylation sites is 2. The van der Waals surface area contributed by atoms with Crippen LogP contribution in [0.25, 0.3) is 10.9 Å². The Bertz CT molecular complexity index is 1400. The summed E-state index contributed by atoms with van der Waals surface area (Å²) in [5, 5.41) is 3.90. The molecule has 0 radical (unpaired) electrons. The molecule has 1 atom stereocenters. The molecule has 3 aromatic rings. The molecule has 0 bridgehead atoms. The second-order valence-corrected chi connectivity index (χ2v) is 12.2. The van der Waals surface area contributed by atoms with E-state index < -0.39 is 21.6 Å². The number of piperazine rings is 1. The number of benzene rings is 2. The number of nitrogens with one attached hydrogen (secondary N) is 3. The maximum absolute atomic E-state index is 13.7. The minimum atomic E-state index is -3.32. The number of aromatic nitrogens is 1. The first-order valence-corrected chi connectivity index (χ1v) is 14.5. The Labute approximate surface area is 223 Å². The van der Waals surface area contributed by atoms with Gasteiger partial charge in [0.1, 0.15) is 6.04 Å². The lowest BCUT2D eigenvalue weighted by atomic mass is 10.0. The van der Waals surface area contributed by atoms with E-state index in [1.165, 1.54) is 0 Å². The standard InChI is InChI=1S/C27H36N6O4S/c1-27(2,28)26(35)31-23(16-20-17-29-22-10-6-5-9-21(20)22)25(34)33-14-12-32(13-15-33)24-11-7-4-8-19(24)18-30-38(3,36)37/h4-11,17,23,29-30H,12-16,18,28H2,1-3H3,(H,31,35)/t23-/m1/s1. The molecular weight excluding hydrogens is 504 g/mol. The van der Waals surface area contributed by atoms with E-state index in [1.807, 2.05) is 54.7 Å². The third-order valence-electron chi connectivity index (χ3n) is 6.74. The Balaban J connectivity index is 1.48. The molecule has 38 heavy (non-hydrogen) atoms. The van der Waals surface area contributed by atoms with Gasteiger partial charge in [-0.3, -0.25) is 9.59 Å². The van der Waals surface area contributed by atoms with E-state index in [-0.39, 0.29) is 18.4 Å². The Morgan fingerprint density at radius 3 is 2.37 bits per heavy atom. The molecule has 1 saturated heterocycles. The van der Waals surface area contributed by atoms with E-state index >= 15 is 0 Å². The van der Waals surface area contributed by atoms with Crippen LogP contribution < -0.4 is 20.7 Å². The van der Waals surface area contributed by atoms with Crippen LogP contribution >= 0.6 is 0 Å². The van der Waals surface area contributed by atoms with Gasteiger partial charge in [0.25, 0.3) is 0 Å². The largest absolute Gasteiger partial charge is 0.368 e. The molecule has 2 amide bonds. The first-order valence-electron chi connectivity index (χ1n) is 12.6. The number of rotatable bonds is 9. The van der Waals surface area contributed by atoms with Gasteiger partial charge in [-0.25, -0.2) is 13.1 Å². The lowest BCUT2D eigenvalue weighted by molar-refractivity contribution is -0.137. The molecule has 2 aromatic carbocycles. The average molecular weight is 541 g/mol. The van der Waals surface area contributed by atoms with E-state index in [0.717, 1.165) is 34.0 Å². The molecule has 5 N–H and O–H groups in total. The van der Waals surface area contributed by atoms with E-state index in [4.69, 9.17) is 5.73 Å². The minimum absolute atomic E-state index is 0.153. The van der Waals surface area contributed by atoms with Crippen LogP contribution in [0.5, 0.6) is 0 Å². The zero-order valence-corrected chi connectivity index (χ0v) is 22.8. The third-order valence-corrected chi connectivity index (χ3v) is 7.40. The number of amides is 2. The van der Waals surface area contributed by atoms with E-state index in [1.54, 1.807) is 18.7 Å². The highest BCUT2D eigenvalue weighted by atomic mass is 32.2. The number of sulfonamides is 1. The molecule has 0 unspecified atom stereocenters. The summed E-state index contributed by atoms with van der Waals surface area (Å²) in [7, 11) is -3.32. The number of carbonyl (C=O) groups excluding carboxylic acids is 2. The van der Waals surface area contributed by atoms with Gasteiger partial charge >= 0.3 is 0 Å². The van der Waals surface area contributed by atoms with Crippen molar-refractivity contribution in [3.8, 4) is 0 Å². The second-order valence-electron chi connectivity index (χ2n) is 10.3. The van der Waals surface area contributed by atoms with Gasteiger partial charge in [-0.15, -0.1) is 0 Å². The fraction of sp³-hybridized carbons (Fsp3) is 0.407. The van der Waals surface area contributed by atoms with Crippen molar-refractivity contribution in [1.29, 1.82) is 0 Å². The number of aromatic amines is 1. The second kappa shape index (κ2) is 11.1. The quantitative estimate of drug-likeness (QED) is 0.323. The predicted octanol–water partition coefficient (Wildman–Crippen LogP) is 1.33. The fourth-order valence-corrected chi connectivity index (χ4v) is 5.05. The molecule has 1 aliphatic rings. The van der Waals surface area contributed by atoms with Crippen LogP contribution in [0.4, 0.5) is 5.69 Å². The van der Waals surface area contributed by atoms with Gasteiger partial charge in [0.05, 0.1) is 11.8 Å². The molecule has 0 aliphatic carbocycles. The van der Waals surface area contributed by atoms with Crippen molar-refractivity contribution in [3.63, 3.8) is 0 Å². The topological polar surface area (TPSA) is 141 Å². The highest BCUT2D eigenvalue weighted by Crippen LogP contribution is 2.23. The maximum Gasteiger partial charge on any atom is 0.245 e. The number of hydrogen-bond acceptors (Lipinski definition) is 6. The van der Waals surface area contributed by atoms with Gasteiger partial charge < -0.3 is 25.8 Å². The Hall–Kier alpha value is -3.41. The molecule has 2 heterocycles. The molecule has 1 aliphatic heterocycles. The Kier molecular flexibility index (Phi) is 8.10. The molecule has 10 nitrogen and oxygen atoms in total. The van der Waals surface area contributed by atoms with Crippen molar-refractivity contribution in [3.05, 3.63) is 65.9 Å². The van der Waals surface area contributed by atoms with Crippen molar-refractivity contribution in [2.75, 3.05) is 37.3 Å². The smallest absolute Gasteiger partial charge is 0.245 e. The summed E-state index contributed by atoms with van der Waals surface area (Å²) in [6.07, 6.45) is 3.35. The van der Waals surface area contributed by atoms with Gasteiger partial charge in [-0.1, -0.05) is 36.4 Å². The fourth-order valence-electron chi connectivity index (χ4n) is 4.63. The molecule has 1 fully saturated rings. The lowest BCUT2D eigenvalue weighted by Crippen LogP contribution is -2.59. The molecule has 0 spiro atoms. The average Bonchev–Trinajstić information content (AvgIpc) is 3.28. The lowest BCUT2D eigenvalue weighted by Gasteiger charge is -2.38. The number of nitrogens with zero attached hydrogens (tertiary/aromatic N) is 2. The van der Waals surface area contributed by atoms with Crippen LogP contribution in [0.1, 0.15) is 25.0 Å². The summed E-state index contributed by atoms with van der Waals surface area (Å²) in [6.45, 7) is 5.53. The van der Waals surface area contributed by atoms with Gasteiger partial charge in [0.2, 0.25) is 21.8 Å². The van der Waals surface area contributed by atoms with Crippen molar-refractivity contribution in [2.24, 2.45) is 5.73 Å². The van der Waals surface area contributed by atoms with E-state index in [2.05, 4.69) is 19.9 Å². The molecule has 4 rings (SSSR count). The number of H-pyrrole nitrogens is 1. The van der Waals surface area contributed by atoms with Crippen LogP contribution in [0.2, 0.25) is 0 Å². The van der Waals surface area contributed by atoms with Crippen LogP contribution in [0.15, 0.2) is 54.7 Å². The highest BCUT2D eigenvalue weighted by molar-refractivity contribution is 7.88. The third kappa shape index (κ3) is 6.72. The van der Waals surface area contributed by atoms with Gasteiger partial charge in [-0.2, -0.15) is 0 Å². The van der Waals surface area contributed by atoms with E-state index in [9.17, 15) is 18.0 Å². The summed E-state index contributed by atoms with van der Waals surface area (Å²) in [5.74, 6) is -0.541. The van der Waals surface area contributed by atoms with Gasteiger partial charge in [0, 0.05) is 61.9 Å². The zero-order chi connectivity index (χ0) is 27.5. The van der Waals surface area contributed by atoms with Crippen molar-refractivity contribution >= 4 is 38.4 Å². The van der Waals surface area contributed by atoms with Gasteiger partial charge in [-0.05, 0) is 37.1 Å². The van der Waals surface area contributed by atoms with Crippen LogP contribution in [0, 0.1) is 0 Å². The zero-order valence-electron chi connectivity index (χ0n) is 22.0. The summed E-state index contributed by atoms with van der Waals surface area (Å²) < 4.78 is 25.7. The van der Waals surface area contributed by atoms with Crippen LogP contribution in [0.3, 0.4) is 0 Å². The Morgan fingerprint density at radius 1 is 1.03 bits per heavy atom. The van der Waals surface area contributed by atoms with Crippen molar-refractivity contribution < 1.29 is 18.0 Å². The number of fused-ring (bicyclic) bond motifs is 1. The summed E-state index contributed by atoms with van der Waals surface area (Å²) in [6, 6.07) is 14.7. The van der Waals surface area contributed by atoms with Crippen molar-refractivity contribution in [2.45, 2.75) is 38.4 Å². The molecule has 204 valence electrons. The number of anilines is 1. The molecule has 1 aromatic heterocycles. The van der Waals surface area contributed by atoms with Crippen molar-refractivity contribution in [1.82, 2.24) is 19.9 Å². The monoisotopic (exact) mass is 540 g/mol. The summed E-state index contributed by atoms with van der Waals surface area (Å²) >= 11 is 0. The summed E-state index contributed by atoms with van der Waals surface area (Å²) in [5.41, 5.74) is 8.62. The van der Waals surface area contributed by atoms with Crippen LogP contribution in [-0.2, 0) is 32.6 Å². The first-order chi connectivity index (χ1) is 17.9. The van der Waals surface area contributed by atoms with E-state index in [0.29, 0.717) is 32.6 Å². The molecular formula is C27H36N6O4S. The number of hydrogen-bond donors (Lipinski definition) is 4. The predicted molar refractivity (Wildman–Crippen MR) is 149 cm³/mol. The minimum Gasteiger partial charge on any atom is -0.368 e. The molecule has 11 heteroatoms. The Morgan fingerprint density at radius 2 is 1.68 bits per heavy atom. The first kappa shape index (κ1) is 27.6. The SMILES string of the molecule is CC(C)(N)C(=O)N[C@H](Cc1c[nH]c2ccccc12)C(=O)N1CCN(c2ccccc2CNS(C)(=O)=O)CC1. The maximum atomic E-state index is 13.7. The van der Waals surface area contributed by atoms with Crippen LogP contribution in [-0.4, -0.2) is 74.1 Å². The highest BCUT2D eigenvalue weighted by Gasteiger charge is 2.33. The number of carbonyl (C=O) groups is 2. The summed E-state index contributed by atoms with van der Waals surface area (Å²) in [4.78, 5) is 33.7. The van der Waals surface area contributed by atoms with Gasteiger partial charge in [0.15, 0.2) is 0 Å². The molecule has 0 saturated carbocycles. The number of nitrogens with two attached hydrogens (primary N) is 1.